The van der Waals surface area contributed by atoms with Crippen LogP contribution in [0.5, 0.6) is 17.2 Å². The second-order valence-corrected chi connectivity index (χ2v) is 7.32. The highest BCUT2D eigenvalue weighted by atomic mass is 127. The Morgan fingerprint density at radius 1 is 1.12 bits per heavy atom. The molecule has 0 saturated heterocycles. The summed E-state index contributed by atoms with van der Waals surface area (Å²) < 4.78 is 49.7. The predicted octanol–water partition coefficient (Wildman–Crippen LogP) is 6.00. The Labute approximate surface area is 166 Å². The number of alkyl halides is 3. The van der Waals surface area contributed by atoms with Gasteiger partial charge >= 0.3 is 12.1 Å². The van der Waals surface area contributed by atoms with Gasteiger partial charge in [-0.05, 0) is 66.8 Å². The third-order valence-corrected chi connectivity index (χ3v) is 4.46. The third kappa shape index (κ3) is 4.94. The molecular weight excluding hydrogens is 488 g/mol. The molecule has 0 radical (unpaired) electrons. The van der Waals surface area contributed by atoms with Gasteiger partial charge in [0.05, 0.1) is 14.2 Å². The van der Waals surface area contributed by atoms with E-state index in [0.717, 1.165) is 18.2 Å². The number of ether oxygens (including phenoxy) is 2. The lowest BCUT2D eigenvalue weighted by atomic mass is 10.1. The second kappa shape index (κ2) is 7.51. The molecule has 2 aromatic rings. The van der Waals surface area contributed by atoms with Crippen molar-refractivity contribution < 1.29 is 32.5 Å². The molecule has 0 aromatic heterocycles. The van der Waals surface area contributed by atoms with Gasteiger partial charge in [-0.3, -0.25) is 0 Å². The number of halogens is 5. The molecule has 0 saturated carbocycles. The van der Waals surface area contributed by atoms with Crippen molar-refractivity contribution in [2.75, 3.05) is 0 Å². The summed E-state index contributed by atoms with van der Waals surface area (Å²) >= 11 is 7.84. The molecule has 2 rings (SSSR count). The molecule has 0 bridgehead atoms. The summed E-state index contributed by atoms with van der Waals surface area (Å²) in [6.07, 6.45) is -4.51. The van der Waals surface area contributed by atoms with Crippen LogP contribution in [0.25, 0.3) is 0 Å². The van der Waals surface area contributed by atoms with Gasteiger partial charge in [-0.25, -0.2) is 4.79 Å². The van der Waals surface area contributed by atoms with Crippen molar-refractivity contribution in [3.05, 3.63) is 50.6 Å². The molecule has 0 amide bonds. The molecule has 0 aliphatic rings. The molecule has 0 heterocycles. The van der Waals surface area contributed by atoms with Crippen molar-refractivity contribution in [2.24, 2.45) is 0 Å². The average Bonchev–Trinajstić information content (AvgIpc) is 2.51. The highest BCUT2D eigenvalue weighted by Crippen LogP contribution is 2.38. The van der Waals surface area contributed by atoms with Gasteiger partial charge in [-0.2, -0.15) is 13.2 Å². The molecule has 0 fully saturated rings. The summed E-state index contributed by atoms with van der Waals surface area (Å²) in [6.45, 7) is 2.79. The number of hydrogen-bond acceptors (Lipinski definition) is 3. The first-order valence-corrected chi connectivity index (χ1v) is 8.62. The van der Waals surface area contributed by atoms with Gasteiger partial charge in [0.15, 0.2) is 5.60 Å². The number of hydrogen-bond donors (Lipinski definition) is 1. The summed E-state index contributed by atoms with van der Waals surface area (Å²) in [5.41, 5.74) is -2.35. The first-order valence-electron chi connectivity index (χ1n) is 7.17. The fourth-order valence-electron chi connectivity index (χ4n) is 1.83. The summed E-state index contributed by atoms with van der Waals surface area (Å²) in [5, 5.41) is 8.96. The maximum absolute atomic E-state index is 12.7. The van der Waals surface area contributed by atoms with E-state index in [2.05, 4.69) is 0 Å². The van der Waals surface area contributed by atoms with Gasteiger partial charge in [-0.1, -0.05) is 11.6 Å². The number of benzene rings is 2. The molecule has 2 aromatic carbocycles. The highest BCUT2D eigenvalue weighted by molar-refractivity contribution is 14.1. The predicted molar refractivity (Wildman–Crippen MR) is 98.0 cm³/mol. The smallest absolute Gasteiger partial charge is 0.416 e. The highest BCUT2D eigenvalue weighted by Gasteiger charge is 2.31. The van der Waals surface area contributed by atoms with Gasteiger partial charge in [0, 0.05) is 6.07 Å². The zero-order valence-corrected chi connectivity index (χ0v) is 16.4. The molecule has 1 N–H and O–H groups in total. The van der Waals surface area contributed by atoms with Crippen LogP contribution in [0.2, 0.25) is 5.02 Å². The van der Waals surface area contributed by atoms with Crippen LogP contribution < -0.4 is 9.47 Å². The minimum Gasteiger partial charge on any atom is -0.478 e. The summed E-state index contributed by atoms with van der Waals surface area (Å²) in [4.78, 5) is 11.2. The van der Waals surface area contributed by atoms with Crippen molar-refractivity contribution in [2.45, 2.75) is 25.6 Å². The van der Waals surface area contributed by atoms with E-state index in [9.17, 15) is 18.0 Å². The summed E-state index contributed by atoms with van der Waals surface area (Å²) in [7, 11) is 0. The molecular formula is C17H13ClF3IO4. The average molecular weight is 501 g/mol. The molecule has 9 heteroatoms. The van der Waals surface area contributed by atoms with E-state index < -0.39 is 23.3 Å². The Hall–Kier alpha value is -1.68. The maximum atomic E-state index is 12.7. The van der Waals surface area contributed by atoms with Crippen molar-refractivity contribution in [3.8, 4) is 17.2 Å². The van der Waals surface area contributed by atoms with E-state index in [4.69, 9.17) is 26.2 Å². The van der Waals surface area contributed by atoms with Crippen molar-refractivity contribution >= 4 is 40.2 Å². The molecule has 26 heavy (non-hydrogen) atoms. The minimum atomic E-state index is -4.51. The summed E-state index contributed by atoms with van der Waals surface area (Å²) in [5.74, 6) is -0.614. The van der Waals surface area contributed by atoms with Crippen LogP contribution in [0.15, 0.2) is 36.4 Å². The Morgan fingerprint density at radius 3 is 2.31 bits per heavy atom. The lowest BCUT2D eigenvalue weighted by Crippen LogP contribution is -2.38. The van der Waals surface area contributed by atoms with Crippen LogP contribution in [0.3, 0.4) is 0 Å². The normalized spacial score (nSPS) is 12.0. The molecule has 0 spiro atoms. The number of aliphatic carboxylic acids is 1. The van der Waals surface area contributed by atoms with Crippen molar-refractivity contribution in [1.29, 1.82) is 0 Å². The van der Waals surface area contributed by atoms with Crippen molar-refractivity contribution in [3.63, 3.8) is 0 Å². The Kier molecular flexibility index (Phi) is 5.96. The summed E-state index contributed by atoms with van der Waals surface area (Å²) in [6, 6.07) is 7.39. The van der Waals surface area contributed by atoms with Crippen LogP contribution in [-0.4, -0.2) is 16.7 Å². The van der Waals surface area contributed by atoms with Crippen LogP contribution in [0.1, 0.15) is 19.4 Å². The topological polar surface area (TPSA) is 55.8 Å². The molecule has 0 aliphatic heterocycles. The van der Waals surface area contributed by atoms with Gasteiger partial charge in [-0.15, -0.1) is 0 Å². The van der Waals surface area contributed by atoms with E-state index in [-0.39, 0.29) is 22.3 Å². The molecule has 4 nitrogen and oxygen atoms in total. The van der Waals surface area contributed by atoms with Gasteiger partial charge < -0.3 is 14.6 Å². The van der Waals surface area contributed by atoms with E-state index >= 15 is 0 Å². The van der Waals surface area contributed by atoms with Crippen LogP contribution in [0.4, 0.5) is 13.2 Å². The monoisotopic (exact) mass is 500 g/mol. The first-order chi connectivity index (χ1) is 11.9. The Balaban J connectivity index is 2.28. The zero-order valence-electron chi connectivity index (χ0n) is 13.5. The maximum Gasteiger partial charge on any atom is 0.416 e. The van der Waals surface area contributed by atoms with Crippen LogP contribution in [-0.2, 0) is 11.0 Å². The van der Waals surface area contributed by atoms with Gasteiger partial charge in [0.25, 0.3) is 0 Å². The SMILES string of the molecule is CC(C)(Oc1cc(Oc2ccc(C(F)(F)F)cc2Cl)ccc1I)C(=O)O. The Morgan fingerprint density at radius 2 is 1.77 bits per heavy atom. The number of carbonyl (C=O) groups is 1. The van der Waals surface area contributed by atoms with Gasteiger partial charge in [0.1, 0.15) is 17.2 Å². The third-order valence-electron chi connectivity index (χ3n) is 3.27. The van der Waals surface area contributed by atoms with Gasteiger partial charge in [0.2, 0.25) is 0 Å². The quantitative estimate of drug-likeness (QED) is 0.512. The molecule has 140 valence electrons. The largest absolute Gasteiger partial charge is 0.478 e. The number of carboxylic acid groups (broad SMARTS) is 1. The van der Waals surface area contributed by atoms with E-state index in [1.54, 1.807) is 12.1 Å². The first kappa shape index (κ1) is 20.6. The number of carboxylic acids is 1. The zero-order chi connectivity index (χ0) is 19.7. The molecule has 0 atom stereocenters. The lowest BCUT2D eigenvalue weighted by Gasteiger charge is -2.22. The number of rotatable bonds is 5. The minimum absolute atomic E-state index is 0.0318. The van der Waals surface area contributed by atoms with Crippen LogP contribution >= 0.6 is 34.2 Å². The van der Waals surface area contributed by atoms with E-state index in [1.807, 2.05) is 22.6 Å². The fraction of sp³-hybridized carbons (Fsp3) is 0.235. The molecule has 0 unspecified atom stereocenters. The lowest BCUT2D eigenvalue weighted by molar-refractivity contribution is -0.152. The van der Waals surface area contributed by atoms with Crippen molar-refractivity contribution in [1.82, 2.24) is 0 Å². The van der Waals surface area contributed by atoms with E-state index in [1.165, 1.54) is 19.9 Å². The van der Waals surface area contributed by atoms with Crippen LogP contribution in [0, 0.1) is 3.57 Å². The molecule has 0 aliphatic carbocycles. The standard InChI is InChI=1S/C17H13ClF3IO4/c1-16(2,15(23)24)26-14-8-10(4-5-12(14)22)25-13-6-3-9(7-11(13)18)17(19,20)21/h3-8H,1-2H3,(H,23,24). The second-order valence-electron chi connectivity index (χ2n) is 5.75. The van der Waals surface area contributed by atoms with E-state index in [0.29, 0.717) is 3.57 Å². The fourth-order valence-corrected chi connectivity index (χ4v) is 2.50. The Bertz CT molecular complexity index is 837.